The first-order valence-corrected chi connectivity index (χ1v) is 6.82. The Balaban J connectivity index is 1.71. The fourth-order valence-corrected chi connectivity index (χ4v) is 2.08. The molecule has 0 aliphatic heterocycles. The fraction of sp³-hybridized carbons (Fsp3) is 0.286. The summed E-state index contributed by atoms with van der Waals surface area (Å²) < 4.78 is 7.17. The molecule has 0 spiro atoms. The number of benzene rings is 1. The fourth-order valence-electron chi connectivity index (χ4n) is 2.08. The van der Waals surface area contributed by atoms with E-state index in [1.165, 1.54) is 4.63 Å². The van der Waals surface area contributed by atoms with Crippen LogP contribution in [0.4, 0.5) is 5.82 Å². The van der Waals surface area contributed by atoms with Crippen LogP contribution in [-0.4, -0.2) is 38.4 Å². The number of aromatic nitrogens is 5. The highest BCUT2D eigenvalue weighted by Gasteiger charge is 2.11. The lowest BCUT2D eigenvalue weighted by Gasteiger charge is -2.18. The van der Waals surface area contributed by atoms with Crippen LogP contribution in [0.1, 0.15) is 18.6 Å². The molecule has 0 bridgehead atoms. The molecule has 0 fully saturated rings. The third-order valence-electron chi connectivity index (χ3n) is 3.08. The van der Waals surface area contributed by atoms with Crippen LogP contribution in [-0.2, 0) is 4.74 Å². The summed E-state index contributed by atoms with van der Waals surface area (Å²) in [6, 6.07) is 13.8. The highest BCUT2D eigenvalue weighted by Crippen LogP contribution is 2.17. The lowest BCUT2D eigenvalue weighted by Crippen LogP contribution is -2.17. The number of nitrogens with zero attached hydrogens (tertiary/aromatic N) is 5. The van der Waals surface area contributed by atoms with Gasteiger partial charge < -0.3 is 10.1 Å². The minimum Gasteiger partial charge on any atom is -0.372 e. The van der Waals surface area contributed by atoms with Gasteiger partial charge in [-0.1, -0.05) is 30.3 Å². The lowest BCUT2D eigenvalue weighted by atomic mass is 10.1. The molecule has 21 heavy (non-hydrogen) atoms. The molecule has 7 heteroatoms. The summed E-state index contributed by atoms with van der Waals surface area (Å²) in [5.74, 6) is 0.704. The smallest absolute Gasteiger partial charge is 0.200 e. The molecule has 0 aliphatic carbocycles. The van der Waals surface area contributed by atoms with Crippen molar-refractivity contribution in [3.8, 4) is 0 Å². The third-order valence-corrected chi connectivity index (χ3v) is 3.08. The van der Waals surface area contributed by atoms with E-state index in [9.17, 15) is 0 Å². The zero-order chi connectivity index (χ0) is 14.5. The number of tetrazole rings is 1. The molecule has 0 aliphatic rings. The summed E-state index contributed by atoms with van der Waals surface area (Å²) in [6.45, 7) is 3.26. The molecule has 7 nitrogen and oxygen atoms in total. The number of fused-ring (bicyclic) bond motifs is 1. The lowest BCUT2D eigenvalue weighted by molar-refractivity contribution is 0.0718. The normalized spacial score (nSPS) is 12.4. The quantitative estimate of drug-likeness (QED) is 0.742. The second-order valence-corrected chi connectivity index (χ2v) is 4.48. The first kappa shape index (κ1) is 13.4. The molecule has 2 aromatic heterocycles. The Morgan fingerprint density at radius 1 is 1.19 bits per heavy atom. The van der Waals surface area contributed by atoms with E-state index in [0.29, 0.717) is 24.6 Å². The monoisotopic (exact) mass is 284 g/mol. The van der Waals surface area contributed by atoms with Crippen LogP contribution < -0.4 is 5.32 Å². The first-order valence-electron chi connectivity index (χ1n) is 6.82. The van der Waals surface area contributed by atoms with Gasteiger partial charge in [0.15, 0.2) is 5.65 Å². The van der Waals surface area contributed by atoms with Gasteiger partial charge in [0.25, 0.3) is 0 Å². The van der Waals surface area contributed by atoms with Gasteiger partial charge in [-0.3, -0.25) is 0 Å². The SMILES string of the molecule is CCOC(CNc1ccc2nnnn2n1)c1ccccc1. The van der Waals surface area contributed by atoms with E-state index in [0.717, 1.165) is 5.56 Å². The highest BCUT2D eigenvalue weighted by molar-refractivity contribution is 5.42. The van der Waals surface area contributed by atoms with Crippen LogP contribution in [0.2, 0.25) is 0 Å². The van der Waals surface area contributed by atoms with Crippen molar-refractivity contribution in [2.75, 3.05) is 18.5 Å². The topological polar surface area (TPSA) is 77.2 Å². The standard InChI is InChI=1S/C14H16N6O/c1-2-21-12(11-6-4-3-5-7-11)10-15-13-8-9-14-16-18-19-20(14)17-13/h3-9,12H,2,10H2,1H3,(H,15,17). The van der Waals surface area contributed by atoms with Gasteiger partial charge in [0.1, 0.15) is 5.82 Å². The number of nitrogens with one attached hydrogen (secondary N) is 1. The number of rotatable bonds is 6. The maximum absolute atomic E-state index is 5.78. The average Bonchev–Trinajstić information content (AvgIpc) is 3.00. The predicted molar refractivity (Wildman–Crippen MR) is 77.9 cm³/mol. The molecule has 108 valence electrons. The molecule has 1 unspecified atom stereocenters. The minimum absolute atomic E-state index is 0.0254. The van der Waals surface area contributed by atoms with Crippen LogP contribution in [0, 0.1) is 0 Å². The predicted octanol–water partition coefficient (Wildman–Crippen LogP) is 1.71. The molecule has 0 saturated carbocycles. The number of anilines is 1. The van der Waals surface area contributed by atoms with Crippen molar-refractivity contribution in [2.45, 2.75) is 13.0 Å². The van der Waals surface area contributed by atoms with Gasteiger partial charge in [-0.25, -0.2) is 0 Å². The summed E-state index contributed by atoms with van der Waals surface area (Å²) in [5.41, 5.74) is 1.75. The van der Waals surface area contributed by atoms with Crippen molar-refractivity contribution < 1.29 is 4.74 Å². The third kappa shape index (κ3) is 3.14. The average molecular weight is 284 g/mol. The highest BCUT2D eigenvalue weighted by atomic mass is 16.5. The van der Waals surface area contributed by atoms with E-state index in [-0.39, 0.29) is 6.10 Å². The van der Waals surface area contributed by atoms with Crippen LogP contribution in [0.3, 0.4) is 0 Å². The van der Waals surface area contributed by atoms with Gasteiger partial charge in [-0.2, -0.15) is 0 Å². The van der Waals surface area contributed by atoms with E-state index in [2.05, 4.69) is 38.1 Å². The van der Waals surface area contributed by atoms with E-state index in [1.54, 1.807) is 0 Å². The van der Waals surface area contributed by atoms with E-state index in [4.69, 9.17) is 4.74 Å². The Labute approximate surface area is 121 Å². The molecule has 0 radical (unpaired) electrons. The van der Waals surface area contributed by atoms with Crippen LogP contribution in [0.15, 0.2) is 42.5 Å². The zero-order valence-electron chi connectivity index (χ0n) is 11.7. The minimum atomic E-state index is -0.0254. The van der Waals surface area contributed by atoms with Crippen molar-refractivity contribution in [1.29, 1.82) is 0 Å². The second kappa shape index (κ2) is 6.27. The zero-order valence-corrected chi connectivity index (χ0v) is 11.7. The molecule has 3 rings (SSSR count). The van der Waals surface area contributed by atoms with E-state index < -0.39 is 0 Å². The Kier molecular flexibility index (Phi) is 4.02. The molecular formula is C14H16N6O. The van der Waals surface area contributed by atoms with Gasteiger partial charge >= 0.3 is 0 Å². The van der Waals surface area contributed by atoms with E-state index in [1.807, 2.05) is 37.3 Å². The van der Waals surface area contributed by atoms with Crippen molar-refractivity contribution >= 4 is 11.5 Å². The Bertz CT molecular complexity index is 699. The van der Waals surface area contributed by atoms with Gasteiger partial charge in [0, 0.05) is 13.2 Å². The van der Waals surface area contributed by atoms with Gasteiger partial charge in [-0.05, 0) is 35.0 Å². The number of ether oxygens (including phenoxy) is 1. The largest absolute Gasteiger partial charge is 0.372 e. The summed E-state index contributed by atoms with van der Waals surface area (Å²) in [4.78, 5) is 0. The molecule has 1 atom stereocenters. The van der Waals surface area contributed by atoms with Crippen LogP contribution >= 0.6 is 0 Å². The van der Waals surface area contributed by atoms with Gasteiger partial charge in [0.2, 0.25) is 0 Å². The number of hydrogen-bond acceptors (Lipinski definition) is 6. The molecular weight excluding hydrogens is 268 g/mol. The second-order valence-electron chi connectivity index (χ2n) is 4.48. The van der Waals surface area contributed by atoms with Crippen molar-refractivity contribution in [2.24, 2.45) is 0 Å². The van der Waals surface area contributed by atoms with Crippen LogP contribution in [0.5, 0.6) is 0 Å². The maximum atomic E-state index is 5.78. The van der Waals surface area contributed by atoms with E-state index >= 15 is 0 Å². The van der Waals surface area contributed by atoms with Gasteiger partial charge in [0.05, 0.1) is 6.10 Å². The Morgan fingerprint density at radius 3 is 2.86 bits per heavy atom. The Hall–Kier alpha value is -2.54. The molecule has 1 N–H and O–H groups in total. The van der Waals surface area contributed by atoms with Crippen molar-refractivity contribution in [3.05, 3.63) is 48.0 Å². The summed E-state index contributed by atoms with van der Waals surface area (Å²) in [6.07, 6.45) is -0.0254. The summed E-state index contributed by atoms with van der Waals surface area (Å²) in [5, 5.41) is 18.7. The first-order chi connectivity index (χ1) is 10.4. The Morgan fingerprint density at radius 2 is 2.05 bits per heavy atom. The molecule has 2 heterocycles. The molecule has 0 amide bonds. The van der Waals surface area contributed by atoms with Crippen molar-refractivity contribution in [1.82, 2.24) is 25.3 Å². The summed E-state index contributed by atoms with van der Waals surface area (Å²) in [7, 11) is 0. The molecule has 1 aromatic carbocycles. The molecule has 3 aromatic rings. The van der Waals surface area contributed by atoms with Crippen molar-refractivity contribution in [3.63, 3.8) is 0 Å². The van der Waals surface area contributed by atoms with Crippen LogP contribution in [0.25, 0.3) is 5.65 Å². The number of hydrogen-bond donors (Lipinski definition) is 1. The maximum Gasteiger partial charge on any atom is 0.200 e. The summed E-state index contributed by atoms with van der Waals surface area (Å²) >= 11 is 0. The molecule has 0 saturated heterocycles. The van der Waals surface area contributed by atoms with Gasteiger partial charge in [-0.15, -0.1) is 14.8 Å².